The zero-order valence-corrected chi connectivity index (χ0v) is 16.8. The second-order valence-electron chi connectivity index (χ2n) is 6.26. The predicted molar refractivity (Wildman–Crippen MR) is 109 cm³/mol. The van der Waals surface area contributed by atoms with E-state index in [2.05, 4.69) is 10.0 Å². The van der Waals surface area contributed by atoms with Gasteiger partial charge in [-0.25, -0.2) is 17.5 Å². The van der Waals surface area contributed by atoms with Crippen LogP contribution in [0.4, 0.5) is 4.39 Å². The Hall–Kier alpha value is -2.74. The molecule has 1 amide bonds. The van der Waals surface area contributed by atoms with Crippen LogP contribution in [0, 0.1) is 5.82 Å². The number of sulfonamides is 1. The van der Waals surface area contributed by atoms with E-state index in [0.717, 1.165) is 5.56 Å². The van der Waals surface area contributed by atoms with E-state index in [1.54, 1.807) is 24.3 Å². The van der Waals surface area contributed by atoms with E-state index in [1.807, 2.05) is 18.2 Å². The van der Waals surface area contributed by atoms with Crippen LogP contribution in [0.15, 0.2) is 77.7 Å². The van der Waals surface area contributed by atoms with E-state index in [-0.39, 0.29) is 34.4 Å². The molecule has 29 heavy (non-hydrogen) atoms. The van der Waals surface area contributed by atoms with E-state index in [9.17, 15) is 17.6 Å². The fraction of sp³-hybridized carbons (Fsp3) is 0.0952. The summed E-state index contributed by atoms with van der Waals surface area (Å²) >= 11 is 6.07. The first-order valence-corrected chi connectivity index (χ1v) is 10.6. The van der Waals surface area contributed by atoms with Gasteiger partial charge in [0.2, 0.25) is 10.0 Å². The summed E-state index contributed by atoms with van der Waals surface area (Å²) in [5.41, 5.74) is 1.66. The predicted octanol–water partition coefficient (Wildman–Crippen LogP) is 3.89. The molecule has 3 rings (SSSR count). The van der Waals surface area contributed by atoms with Crippen LogP contribution in [0.2, 0.25) is 5.02 Å². The van der Waals surface area contributed by atoms with E-state index in [1.165, 1.54) is 30.3 Å². The molecule has 2 N–H and O–H groups in total. The van der Waals surface area contributed by atoms with Crippen molar-refractivity contribution in [2.75, 3.05) is 0 Å². The Labute approximate surface area is 173 Å². The van der Waals surface area contributed by atoms with E-state index in [0.29, 0.717) is 5.56 Å². The molecule has 5 nitrogen and oxygen atoms in total. The minimum atomic E-state index is -3.92. The van der Waals surface area contributed by atoms with Crippen molar-refractivity contribution in [3.63, 3.8) is 0 Å². The highest BCUT2D eigenvalue weighted by molar-refractivity contribution is 7.89. The summed E-state index contributed by atoms with van der Waals surface area (Å²) in [6, 6.07) is 18.8. The van der Waals surface area contributed by atoms with Crippen LogP contribution in [0.25, 0.3) is 0 Å². The minimum Gasteiger partial charge on any atom is -0.348 e. The number of halogens is 2. The van der Waals surface area contributed by atoms with Gasteiger partial charge in [-0.1, -0.05) is 54.1 Å². The van der Waals surface area contributed by atoms with Gasteiger partial charge >= 0.3 is 0 Å². The highest BCUT2D eigenvalue weighted by atomic mass is 35.5. The lowest BCUT2D eigenvalue weighted by Gasteiger charge is -2.11. The molecule has 0 spiro atoms. The Morgan fingerprint density at radius 3 is 2.24 bits per heavy atom. The number of carbonyl (C=O) groups excluding carboxylic acids is 1. The summed E-state index contributed by atoms with van der Waals surface area (Å²) in [7, 11) is -3.92. The number of nitrogens with one attached hydrogen (secondary N) is 2. The molecule has 0 heterocycles. The number of rotatable bonds is 7. The maximum Gasteiger partial charge on any atom is 0.251 e. The second-order valence-corrected chi connectivity index (χ2v) is 8.41. The summed E-state index contributed by atoms with van der Waals surface area (Å²) < 4.78 is 40.7. The molecule has 0 bridgehead atoms. The van der Waals surface area contributed by atoms with Crippen molar-refractivity contribution in [2.24, 2.45) is 0 Å². The first-order valence-electron chi connectivity index (χ1n) is 8.71. The van der Waals surface area contributed by atoms with Gasteiger partial charge < -0.3 is 5.32 Å². The molecule has 0 fully saturated rings. The molecule has 150 valence electrons. The normalized spacial score (nSPS) is 11.2. The van der Waals surface area contributed by atoms with Gasteiger partial charge in [-0.2, -0.15) is 0 Å². The highest BCUT2D eigenvalue weighted by Crippen LogP contribution is 2.23. The lowest BCUT2D eigenvalue weighted by Crippen LogP contribution is -2.25. The molecule has 0 saturated heterocycles. The Morgan fingerprint density at radius 1 is 0.897 bits per heavy atom. The topological polar surface area (TPSA) is 75.3 Å². The largest absolute Gasteiger partial charge is 0.348 e. The Bertz CT molecular complexity index is 1100. The molecule has 3 aromatic carbocycles. The van der Waals surface area contributed by atoms with Gasteiger partial charge in [-0.3, -0.25) is 4.79 Å². The van der Waals surface area contributed by atoms with Crippen LogP contribution >= 0.6 is 11.6 Å². The maximum absolute atomic E-state index is 13.0. The fourth-order valence-corrected chi connectivity index (χ4v) is 4.13. The number of hydrogen-bond acceptors (Lipinski definition) is 3. The lowest BCUT2D eigenvalue weighted by molar-refractivity contribution is 0.0950. The van der Waals surface area contributed by atoms with Gasteiger partial charge in [0, 0.05) is 18.7 Å². The average Bonchev–Trinajstić information content (AvgIpc) is 2.72. The summed E-state index contributed by atoms with van der Waals surface area (Å²) in [6.07, 6.45) is 0. The van der Waals surface area contributed by atoms with Gasteiger partial charge in [0.1, 0.15) is 10.7 Å². The third-order valence-electron chi connectivity index (χ3n) is 4.16. The average molecular weight is 433 g/mol. The van der Waals surface area contributed by atoms with Gasteiger partial charge in [0.25, 0.3) is 5.91 Å². The SMILES string of the molecule is O=C(NCc1ccc(F)cc1)c1ccc(Cl)c(S(=O)(=O)NCc2ccccc2)c1. The molecule has 3 aromatic rings. The lowest BCUT2D eigenvalue weighted by atomic mass is 10.2. The van der Waals surface area contributed by atoms with Crippen LogP contribution in [-0.4, -0.2) is 14.3 Å². The molecule has 0 aliphatic rings. The molecule has 0 atom stereocenters. The van der Waals surface area contributed by atoms with Crippen molar-refractivity contribution in [1.82, 2.24) is 10.0 Å². The van der Waals surface area contributed by atoms with Crippen molar-refractivity contribution in [3.05, 3.63) is 100 Å². The maximum atomic E-state index is 13.0. The number of hydrogen-bond donors (Lipinski definition) is 2. The smallest absolute Gasteiger partial charge is 0.251 e. The Morgan fingerprint density at radius 2 is 1.55 bits per heavy atom. The Balaban J connectivity index is 1.72. The molecule has 8 heteroatoms. The molecule has 0 radical (unpaired) electrons. The minimum absolute atomic E-state index is 0.0145. The zero-order valence-electron chi connectivity index (χ0n) is 15.2. The summed E-state index contributed by atoms with van der Waals surface area (Å²) in [5.74, 6) is -0.832. The first kappa shape index (κ1) is 21.0. The highest BCUT2D eigenvalue weighted by Gasteiger charge is 2.20. The third-order valence-corrected chi connectivity index (χ3v) is 6.04. The van der Waals surface area contributed by atoms with Gasteiger partial charge in [-0.05, 0) is 41.5 Å². The van der Waals surface area contributed by atoms with Crippen molar-refractivity contribution in [2.45, 2.75) is 18.0 Å². The zero-order chi connectivity index (χ0) is 20.9. The second kappa shape index (κ2) is 9.17. The third kappa shape index (κ3) is 5.63. The van der Waals surface area contributed by atoms with Crippen LogP contribution < -0.4 is 10.0 Å². The summed E-state index contributed by atoms with van der Waals surface area (Å²) in [4.78, 5) is 12.2. The van der Waals surface area contributed by atoms with Gasteiger partial charge in [0.05, 0.1) is 5.02 Å². The fourth-order valence-electron chi connectivity index (χ4n) is 2.59. The van der Waals surface area contributed by atoms with Crippen LogP contribution in [0.5, 0.6) is 0 Å². The van der Waals surface area contributed by atoms with Gasteiger partial charge in [0.15, 0.2) is 0 Å². The van der Waals surface area contributed by atoms with Crippen LogP contribution in [-0.2, 0) is 23.1 Å². The van der Waals surface area contributed by atoms with E-state index < -0.39 is 15.9 Å². The standard InChI is InChI=1S/C21H18ClFN2O3S/c22-19-11-8-17(21(26)24-13-16-6-9-18(23)10-7-16)12-20(19)29(27,28)25-14-15-4-2-1-3-5-15/h1-12,25H,13-14H2,(H,24,26). The monoisotopic (exact) mass is 432 g/mol. The molecular formula is C21H18ClFN2O3S. The Kier molecular flexibility index (Phi) is 6.64. The molecule has 0 aliphatic heterocycles. The van der Waals surface area contributed by atoms with Crippen molar-refractivity contribution in [3.8, 4) is 0 Å². The molecule has 0 aliphatic carbocycles. The summed E-state index contributed by atoms with van der Waals surface area (Å²) in [5, 5.41) is 2.69. The number of carbonyl (C=O) groups is 1. The van der Waals surface area contributed by atoms with Crippen molar-refractivity contribution >= 4 is 27.5 Å². The molecule has 0 unspecified atom stereocenters. The quantitative estimate of drug-likeness (QED) is 0.594. The van der Waals surface area contributed by atoms with Crippen LogP contribution in [0.3, 0.4) is 0 Å². The number of benzene rings is 3. The first-order chi connectivity index (χ1) is 13.8. The van der Waals surface area contributed by atoms with E-state index in [4.69, 9.17) is 11.6 Å². The molecule has 0 aromatic heterocycles. The molecular weight excluding hydrogens is 415 g/mol. The van der Waals surface area contributed by atoms with Crippen molar-refractivity contribution < 1.29 is 17.6 Å². The van der Waals surface area contributed by atoms with E-state index >= 15 is 0 Å². The van der Waals surface area contributed by atoms with Gasteiger partial charge in [-0.15, -0.1) is 0 Å². The van der Waals surface area contributed by atoms with Crippen LogP contribution in [0.1, 0.15) is 21.5 Å². The number of amides is 1. The van der Waals surface area contributed by atoms with Crippen molar-refractivity contribution in [1.29, 1.82) is 0 Å². The molecule has 0 saturated carbocycles. The summed E-state index contributed by atoms with van der Waals surface area (Å²) in [6.45, 7) is 0.274.